The molecule has 0 unspecified atom stereocenters. The third-order valence-electron chi connectivity index (χ3n) is 8.26. The Bertz CT molecular complexity index is 1220. The van der Waals surface area contributed by atoms with Gasteiger partial charge in [0.05, 0.1) is 4.90 Å². The Balaban J connectivity index is 0.000000663. The minimum Gasteiger partial charge on any atom is -0.300 e. The van der Waals surface area contributed by atoms with E-state index in [2.05, 4.69) is 32.6 Å². The van der Waals surface area contributed by atoms with Crippen molar-refractivity contribution >= 4 is 15.6 Å². The molecule has 1 aliphatic heterocycles. The molecule has 2 aliphatic rings. The van der Waals surface area contributed by atoms with Gasteiger partial charge >= 0.3 is 6.18 Å². The number of hydrogen-bond donors (Lipinski definition) is 0. The van der Waals surface area contributed by atoms with Gasteiger partial charge in [-0.1, -0.05) is 70.5 Å². The van der Waals surface area contributed by atoms with Crippen LogP contribution >= 0.6 is 0 Å². The third kappa shape index (κ3) is 8.41. The summed E-state index contributed by atoms with van der Waals surface area (Å²) in [5.74, 6) is -0.298. The quantitative estimate of drug-likeness (QED) is 0.318. The van der Waals surface area contributed by atoms with Gasteiger partial charge in [0.2, 0.25) is 0 Å². The molecule has 2 fully saturated rings. The second-order valence-electron chi connectivity index (χ2n) is 12.4. The Kier molecular flexibility index (Phi) is 10.3. The molecule has 1 saturated carbocycles. The van der Waals surface area contributed by atoms with Crippen LogP contribution in [0, 0.1) is 5.41 Å². The zero-order chi connectivity index (χ0) is 29.8. The van der Waals surface area contributed by atoms with Gasteiger partial charge in [0, 0.05) is 25.6 Å². The van der Waals surface area contributed by atoms with Gasteiger partial charge in [0.15, 0.2) is 15.6 Å². The Hall–Kier alpha value is -2.19. The molecule has 0 spiro atoms. The number of halogens is 3. The monoisotopic (exact) mass is 579 g/mol. The standard InChI is InChI=1S/C26H30F3NO3S.C6H14/c1-19(31)25(15-17-30(18-16-25)23-10-11-23)34(32,33)24-12-8-22(9-13-24)21-6-4-20(5-7-21)3-2-14-26(27,28)29;1-5-6(2,3)4/h4-9,12-13,23H,2-3,10-11,14-18H2,1H3;5H2,1-4H3. The number of benzene rings is 2. The van der Waals surface area contributed by atoms with Crippen LogP contribution in [0.2, 0.25) is 0 Å². The Morgan fingerprint density at radius 1 is 0.925 bits per heavy atom. The second kappa shape index (κ2) is 12.8. The van der Waals surface area contributed by atoms with Gasteiger partial charge in [-0.15, -0.1) is 0 Å². The van der Waals surface area contributed by atoms with E-state index in [-0.39, 0.29) is 17.1 Å². The van der Waals surface area contributed by atoms with Gasteiger partial charge in [-0.05, 0) is 79.7 Å². The van der Waals surface area contributed by atoms with Crippen molar-refractivity contribution in [1.82, 2.24) is 4.90 Å². The highest BCUT2D eigenvalue weighted by Crippen LogP contribution is 2.40. The number of piperidine rings is 1. The first-order valence-corrected chi connectivity index (χ1v) is 15.8. The van der Waals surface area contributed by atoms with Crippen molar-refractivity contribution in [2.24, 2.45) is 5.41 Å². The van der Waals surface area contributed by atoms with Crippen molar-refractivity contribution in [1.29, 1.82) is 0 Å². The van der Waals surface area contributed by atoms with E-state index in [9.17, 15) is 26.4 Å². The molecule has 0 aromatic heterocycles. The van der Waals surface area contributed by atoms with Gasteiger partial charge < -0.3 is 4.90 Å². The van der Waals surface area contributed by atoms with Crippen LogP contribution in [-0.2, 0) is 21.1 Å². The fraction of sp³-hybridized carbons (Fsp3) is 0.594. The molecule has 4 rings (SSSR count). The third-order valence-corrected chi connectivity index (χ3v) is 10.9. The molecular formula is C32H44F3NO3S. The van der Waals surface area contributed by atoms with E-state index in [0.29, 0.717) is 43.8 Å². The van der Waals surface area contributed by atoms with E-state index in [1.807, 2.05) is 12.1 Å². The van der Waals surface area contributed by atoms with Gasteiger partial charge in [0.1, 0.15) is 4.75 Å². The largest absolute Gasteiger partial charge is 0.389 e. The Labute approximate surface area is 238 Å². The number of carbonyl (C=O) groups is 1. The number of likely N-dealkylation sites (tertiary alicyclic amines) is 1. The number of rotatable bonds is 8. The SMILES string of the molecule is CC(=O)C1(S(=O)(=O)c2ccc(-c3ccc(CCCC(F)(F)F)cc3)cc2)CCN(C2CC2)CC1.CCC(C)(C)C. The number of aryl methyl sites for hydroxylation is 1. The second-order valence-corrected chi connectivity index (χ2v) is 14.7. The summed E-state index contributed by atoms with van der Waals surface area (Å²) >= 11 is 0. The van der Waals surface area contributed by atoms with E-state index >= 15 is 0 Å². The minimum atomic E-state index is -4.14. The van der Waals surface area contributed by atoms with Crippen LogP contribution in [-0.4, -0.2) is 49.2 Å². The fourth-order valence-corrected chi connectivity index (χ4v) is 6.95. The number of carbonyl (C=O) groups excluding carboxylic acids is 1. The molecule has 0 amide bonds. The zero-order valence-electron chi connectivity index (χ0n) is 24.5. The molecule has 1 saturated heterocycles. The summed E-state index contributed by atoms with van der Waals surface area (Å²) in [4.78, 5) is 15.1. The van der Waals surface area contributed by atoms with Crippen LogP contribution in [0.15, 0.2) is 53.4 Å². The zero-order valence-corrected chi connectivity index (χ0v) is 25.3. The predicted octanol–water partition coefficient (Wildman–Crippen LogP) is 8.04. The van der Waals surface area contributed by atoms with Crippen molar-refractivity contribution in [3.05, 3.63) is 54.1 Å². The maximum Gasteiger partial charge on any atom is 0.389 e. The van der Waals surface area contributed by atoms with Crippen LogP contribution in [0.1, 0.15) is 85.1 Å². The first-order chi connectivity index (χ1) is 18.6. The van der Waals surface area contributed by atoms with Crippen molar-refractivity contribution < 1.29 is 26.4 Å². The molecule has 0 N–H and O–H groups in total. The summed E-state index contributed by atoms with van der Waals surface area (Å²) in [6.07, 6.45) is -0.341. The maximum atomic E-state index is 13.6. The fourth-order valence-electron chi connectivity index (χ4n) is 4.91. The number of Topliss-reactive ketones (excluding diaryl/α,β-unsaturated/α-hetero) is 1. The first kappa shape index (κ1) is 32.3. The molecular weight excluding hydrogens is 535 g/mol. The average Bonchev–Trinajstić information content (AvgIpc) is 3.74. The highest BCUT2D eigenvalue weighted by molar-refractivity contribution is 7.93. The lowest BCUT2D eigenvalue weighted by atomic mass is 9.92. The van der Waals surface area contributed by atoms with Crippen LogP contribution in [0.5, 0.6) is 0 Å². The normalized spacial score (nSPS) is 18.1. The molecule has 2 aromatic carbocycles. The van der Waals surface area contributed by atoms with Gasteiger partial charge in [-0.3, -0.25) is 4.79 Å². The summed E-state index contributed by atoms with van der Waals surface area (Å²) in [5.41, 5.74) is 3.02. The number of alkyl halides is 3. The molecule has 2 aromatic rings. The van der Waals surface area contributed by atoms with Crippen molar-refractivity contribution in [2.45, 2.75) is 108 Å². The molecule has 0 atom stereocenters. The molecule has 222 valence electrons. The van der Waals surface area contributed by atoms with E-state index in [1.54, 1.807) is 36.4 Å². The molecule has 8 heteroatoms. The number of sulfone groups is 1. The van der Waals surface area contributed by atoms with E-state index < -0.39 is 27.2 Å². The Morgan fingerprint density at radius 3 is 1.80 bits per heavy atom. The summed E-state index contributed by atoms with van der Waals surface area (Å²) in [5, 5.41) is 0. The van der Waals surface area contributed by atoms with E-state index in [1.165, 1.54) is 13.3 Å². The highest BCUT2D eigenvalue weighted by Gasteiger charge is 2.51. The predicted molar refractivity (Wildman–Crippen MR) is 155 cm³/mol. The number of ketones is 1. The van der Waals surface area contributed by atoms with Crippen molar-refractivity contribution in [2.75, 3.05) is 13.1 Å². The van der Waals surface area contributed by atoms with Crippen LogP contribution in [0.3, 0.4) is 0 Å². The lowest BCUT2D eigenvalue weighted by Gasteiger charge is -2.39. The van der Waals surface area contributed by atoms with Gasteiger partial charge in [-0.2, -0.15) is 13.2 Å². The summed E-state index contributed by atoms with van der Waals surface area (Å²) in [7, 11) is -3.85. The maximum absolute atomic E-state index is 13.6. The average molecular weight is 580 g/mol. The first-order valence-electron chi connectivity index (χ1n) is 14.3. The lowest BCUT2D eigenvalue weighted by molar-refractivity contribution is -0.135. The molecule has 1 heterocycles. The highest BCUT2D eigenvalue weighted by atomic mass is 32.2. The van der Waals surface area contributed by atoms with Gasteiger partial charge in [0.25, 0.3) is 0 Å². The molecule has 40 heavy (non-hydrogen) atoms. The summed E-state index contributed by atoms with van der Waals surface area (Å²) in [6.45, 7) is 11.6. The van der Waals surface area contributed by atoms with Gasteiger partial charge in [-0.25, -0.2) is 8.42 Å². The van der Waals surface area contributed by atoms with Crippen LogP contribution in [0.25, 0.3) is 11.1 Å². The van der Waals surface area contributed by atoms with Crippen molar-refractivity contribution in [3.8, 4) is 11.1 Å². The van der Waals surface area contributed by atoms with Crippen LogP contribution < -0.4 is 0 Å². The molecule has 0 radical (unpaired) electrons. The minimum absolute atomic E-state index is 0.0473. The van der Waals surface area contributed by atoms with Crippen LogP contribution in [0.4, 0.5) is 13.2 Å². The Morgan fingerprint density at radius 2 is 1.40 bits per heavy atom. The topological polar surface area (TPSA) is 54.5 Å². The molecule has 1 aliphatic carbocycles. The summed E-state index contributed by atoms with van der Waals surface area (Å²) in [6, 6.07) is 14.4. The summed E-state index contributed by atoms with van der Waals surface area (Å²) < 4.78 is 62.8. The lowest BCUT2D eigenvalue weighted by Crippen LogP contribution is -2.53. The molecule has 4 nitrogen and oxygen atoms in total. The molecule has 0 bridgehead atoms. The van der Waals surface area contributed by atoms with E-state index in [4.69, 9.17) is 0 Å². The number of nitrogens with zero attached hydrogens (tertiary/aromatic N) is 1. The smallest absolute Gasteiger partial charge is 0.300 e. The van der Waals surface area contributed by atoms with Crippen molar-refractivity contribution in [3.63, 3.8) is 0 Å². The van der Waals surface area contributed by atoms with E-state index in [0.717, 1.165) is 29.5 Å². The number of hydrogen-bond acceptors (Lipinski definition) is 4.